The van der Waals surface area contributed by atoms with Crippen molar-refractivity contribution in [2.45, 2.75) is 90.0 Å². The van der Waals surface area contributed by atoms with Gasteiger partial charge < -0.3 is 25.2 Å². The summed E-state index contributed by atoms with van der Waals surface area (Å²) in [7, 11) is 1.47. The van der Waals surface area contributed by atoms with Crippen LogP contribution in [0, 0.1) is 17.3 Å². The van der Waals surface area contributed by atoms with E-state index in [4.69, 9.17) is 9.47 Å². The predicted octanol–water partition coefficient (Wildman–Crippen LogP) is 2.91. The number of ether oxygens (including phenoxy) is 2. The number of methoxy groups -OCH3 is 1. The molecule has 1 fully saturated rings. The summed E-state index contributed by atoms with van der Waals surface area (Å²) in [5.74, 6) is 6.24. The minimum atomic E-state index is -0.791. The Balaban J connectivity index is 1.74. The van der Waals surface area contributed by atoms with Crippen LogP contribution in [0.1, 0.15) is 77.0 Å². The number of nitrogens with one attached hydrogen (secondary N) is 2. The SMILES string of the molecule is CC#CC[C@H](NC(=O)COC)[C@H](O)CN[C@H]1CC2(CCC2)Oc2ncc(CC(C)(C)C)cc21. The van der Waals surface area contributed by atoms with E-state index in [0.29, 0.717) is 18.8 Å². The average Bonchev–Trinajstić information content (AvgIpc) is 2.72. The molecule has 2 heterocycles. The molecule has 7 nitrogen and oxygen atoms in total. The van der Waals surface area contributed by atoms with Gasteiger partial charge in [-0.3, -0.25) is 4.79 Å². The van der Waals surface area contributed by atoms with E-state index in [1.165, 1.54) is 12.7 Å². The van der Waals surface area contributed by atoms with Gasteiger partial charge in [0.25, 0.3) is 0 Å². The van der Waals surface area contributed by atoms with E-state index < -0.39 is 12.1 Å². The fourth-order valence-electron chi connectivity index (χ4n) is 4.63. The van der Waals surface area contributed by atoms with Gasteiger partial charge in [-0.2, -0.15) is 0 Å². The maximum Gasteiger partial charge on any atom is 0.246 e. The molecule has 2 aliphatic rings. The molecule has 1 aliphatic heterocycles. The van der Waals surface area contributed by atoms with Gasteiger partial charge in [-0.25, -0.2) is 4.98 Å². The molecular formula is C26H39N3O4. The monoisotopic (exact) mass is 457 g/mol. The number of pyridine rings is 1. The van der Waals surface area contributed by atoms with Crippen LogP contribution < -0.4 is 15.4 Å². The molecule has 1 amide bonds. The molecule has 0 saturated heterocycles. The molecule has 1 aliphatic carbocycles. The number of rotatable bonds is 9. The van der Waals surface area contributed by atoms with Crippen molar-refractivity contribution in [3.63, 3.8) is 0 Å². The summed E-state index contributed by atoms with van der Waals surface area (Å²) in [6.45, 7) is 8.68. The summed E-state index contributed by atoms with van der Waals surface area (Å²) >= 11 is 0. The summed E-state index contributed by atoms with van der Waals surface area (Å²) < 4.78 is 11.3. The van der Waals surface area contributed by atoms with Crippen molar-refractivity contribution >= 4 is 5.91 Å². The first kappa shape index (κ1) is 25.5. The number of aliphatic hydroxyl groups excluding tert-OH is 1. The van der Waals surface area contributed by atoms with E-state index in [0.717, 1.165) is 37.7 Å². The summed E-state index contributed by atoms with van der Waals surface area (Å²) in [4.78, 5) is 16.7. The maximum absolute atomic E-state index is 12.0. The maximum atomic E-state index is 12.0. The highest BCUT2D eigenvalue weighted by atomic mass is 16.5. The molecule has 33 heavy (non-hydrogen) atoms. The molecule has 1 saturated carbocycles. The lowest BCUT2D eigenvalue weighted by atomic mass is 9.73. The first-order chi connectivity index (χ1) is 15.6. The van der Waals surface area contributed by atoms with E-state index in [1.807, 2.05) is 6.20 Å². The van der Waals surface area contributed by atoms with Gasteiger partial charge in [0, 0.05) is 44.3 Å². The third-order valence-electron chi connectivity index (χ3n) is 6.36. The number of hydrogen-bond donors (Lipinski definition) is 3. The van der Waals surface area contributed by atoms with E-state index in [1.54, 1.807) is 6.92 Å². The van der Waals surface area contributed by atoms with Crippen molar-refractivity contribution < 1.29 is 19.4 Å². The van der Waals surface area contributed by atoms with Crippen molar-refractivity contribution in [2.75, 3.05) is 20.3 Å². The molecule has 3 rings (SSSR count). The van der Waals surface area contributed by atoms with Gasteiger partial charge in [0.05, 0.1) is 12.1 Å². The highest BCUT2D eigenvalue weighted by Crippen LogP contribution is 2.48. The van der Waals surface area contributed by atoms with Gasteiger partial charge in [0.15, 0.2) is 0 Å². The zero-order valence-corrected chi connectivity index (χ0v) is 20.7. The Morgan fingerprint density at radius 3 is 2.79 bits per heavy atom. The number of aliphatic hydroxyl groups is 1. The lowest BCUT2D eigenvalue weighted by molar-refractivity contribution is -0.126. The molecule has 0 bridgehead atoms. The number of aromatic nitrogens is 1. The van der Waals surface area contributed by atoms with E-state index >= 15 is 0 Å². The van der Waals surface area contributed by atoms with E-state index in [9.17, 15) is 9.90 Å². The third kappa shape index (κ3) is 6.92. The quantitative estimate of drug-likeness (QED) is 0.494. The molecule has 0 radical (unpaired) electrons. The topological polar surface area (TPSA) is 92.7 Å². The summed E-state index contributed by atoms with van der Waals surface area (Å²) in [5.41, 5.74) is 2.24. The van der Waals surface area contributed by atoms with E-state index in [2.05, 4.69) is 54.3 Å². The van der Waals surface area contributed by atoms with E-state index in [-0.39, 0.29) is 29.6 Å². The minimum absolute atomic E-state index is 0.0312. The number of hydrogen-bond acceptors (Lipinski definition) is 6. The predicted molar refractivity (Wildman–Crippen MR) is 128 cm³/mol. The number of carbonyl (C=O) groups is 1. The van der Waals surface area contributed by atoms with Crippen molar-refractivity contribution in [3.8, 4) is 17.7 Å². The van der Waals surface area contributed by atoms with Crippen molar-refractivity contribution in [1.29, 1.82) is 0 Å². The van der Waals surface area contributed by atoms with Crippen molar-refractivity contribution in [2.24, 2.45) is 5.41 Å². The molecule has 7 heteroatoms. The van der Waals surface area contributed by atoms with Crippen LogP contribution in [-0.2, 0) is 16.0 Å². The Morgan fingerprint density at radius 1 is 1.42 bits per heavy atom. The summed E-state index contributed by atoms with van der Waals surface area (Å²) in [6.07, 6.45) is 6.51. The Kier molecular flexibility index (Phi) is 8.38. The molecule has 1 aromatic heterocycles. The van der Waals surface area contributed by atoms with Gasteiger partial charge in [-0.1, -0.05) is 20.8 Å². The summed E-state index contributed by atoms with van der Waals surface area (Å²) in [5, 5.41) is 17.3. The first-order valence-electron chi connectivity index (χ1n) is 11.9. The molecule has 0 unspecified atom stereocenters. The molecule has 3 N–H and O–H groups in total. The lowest BCUT2D eigenvalue weighted by Crippen LogP contribution is -2.52. The first-order valence-corrected chi connectivity index (χ1v) is 11.9. The average molecular weight is 458 g/mol. The van der Waals surface area contributed by atoms with Gasteiger partial charge in [-0.15, -0.1) is 11.8 Å². The van der Waals surface area contributed by atoms with Gasteiger partial charge in [0.1, 0.15) is 12.2 Å². The van der Waals surface area contributed by atoms with Gasteiger partial charge in [-0.05, 0) is 49.7 Å². The van der Waals surface area contributed by atoms with Crippen LogP contribution in [-0.4, -0.2) is 54.0 Å². The Hall–Kier alpha value is -2.14. The molecule has 3 atom stereocenters. The van der Waals surface area contributed by atoms with Crippen LogP contribution in [0.5, 0.6) is 5.88 Å². The standard InChI is InChI=1S/C26H39N3O4/c1-6-7-9-20(29-23(31)17-32-5)22(30)16-27-21-14-26(10-8-11-26)33-24-19(21)12-18(15-28-24)13-25(2,3)4/h12,15,20-22,27,30H,8-11,13-14,16-17H2,1-5H3,(H,29,31)/t20-,21-,22+/m0/s1. The van der Waals surface area contributed by atoms with Gasteiger partial charge in [0.2, 0.25) is 11.8 Å². The smallest absolute Gasteiger partial charge is 0.246 e. The molecule has 1 aromatic rings. The highest BCUT2D eigenvalue weighted by molar-refractivity contribution is 5.77. The molecule has 0 aromatic carbocycles. The second kappa shape index (κ2) is 10.9. The minimum Gasteiger partial charge on any atom is -0.471 e. The fourth-order valence-corrected chi connectivity index (χ4v) is 4.63. The van der Waals surface area contributed by atoms with Crippen LogP contribution >= 0.6 is 0 Å². The second-order valence-electron chi connectivity index (χ2n) is 10.6. The van der Waals surface area contributed by atoms with Crippen LogP contribution in [0.15, 0.2) is 12.3 Å². The van der Waals surface area contributed by atoms with Gasteiger partial charge >= 0.3 is 0 Å². The number of nitrogens with zero attached hydrogens (tertiary/aromatic N) is 1. The zero-order chi connectivity index (χ0) is 24.1. The molecule has 1 spiro atoms. The lowest BCUT2D eigenvalue weighted by Gasteiger charge is -2.47. The zero-order valence-electron chi connectivity index (χ0n) is 20.7. The third-order valence-corrected chi connectivity index (χ3v) is 6.36. The number of fused-ring (bicyclic) bond motifs is 1. The largest absolute Gasteiger partial charge is 0.471 e. The molecular weight excluding hydrogens is 418 g/mol. The van der Waals surface area contributed by atoms with Crippen LogP contribution in [0.25, 0.3) is 0 Å². The van der Waals surface area contributed by atoms with Crippen LogP contribution in [0.3, 0.4) is 0 Å². The second-order valence-corrected chi connectivity index (χ2v) is 10.6. The van der Waals surface area contributed by atoms with Crippen LogP contribution in [0.2, 0.25) is 0 Å². The summed E-state index contributed by atoms with van der Waals surface area (Å²) in [6, 6.07) is 1.75. The van der Waals surface area contributed by atoms with Crippen LogP contribution in [0.4, 0.5) is 0 Å². The number of carbonyl (C=O) groups excluding carboxylic acids is 1. The number of amides is 1. The normalized spacial score (nSPS) is 20.5. The van der Waals surface area contributed by atoms with Crippen molar-refractivity contribution in [3.05, 3.63) is 23.4 Å². The highest BCUT2D eigenvalue weighted by Gasteiger charge is 2.46. The van der Waals surface area contributed by atoms with Crippen molar-refractivity contribution in [1.82, 2.24) is 15.6 Å². The fraction of sp³-hybridized carbons (Fsp3) is 0.692. The Bertz CT molecular complexity index is 880. The Morgan fingerprint density at radius 2 is 2.18 bits per heavy atom. The Labute approximate surface area is 198 Å². The molecule has 182 valence electrons.